The molecule has 1 atom stereocenters. The maximum absolute atomic E-state index is 13.2. The minimum absolute atomic E-state index is 0.114. The van der Waals surface area contributed by atoms with Gasteiger partial charge in [-0.3, -0.25) is 4.79 Å². The summed E-state index contributed by atoms with van der Waals surface area (Å²) in [6.07, 6.45) is 0.795. The number of hydrogen-bond donors (Lipinski definition) is 1. The number of carbonyl (C=O) groups is 1. The first kappa shape index (κ1) is 14.3. The van der Waals surface area contributed by atoms with E-state index in [1.807, 2.05) is 0 Å². The molecule has 0 fully saturated rings. The van der Waals surface area contributed by atoms with E-state index in [1.165, 1.54) is 6.92 Å². The molecule has 0 aliphatic rings. The average molecular weight is 299 g/mol. The lowest BCUT2D eigenvalue weighted by molar-refractivity contribution is -0.116. The van der Waals surface area contributed by atoms with Gasteiger partial charge in [0.05, 0.1) is 5.69 Å². The van der Waals surface area contributed by atoms with Gasteiger partial charge < -0.3 is 10.5 Å². The Morgan fingerprint density at radius 2 is 2.12 bits per heavy atom. The number of nitrogens with zero attached hydrogens (tertiary/aromatic N) is 1. The summed E-state index contributed by atoms with van der Waals surface area (Å²) in [5.41, 5.74) is 5.29. The molecule has 0 radical (unpaired) electrons. The Balaban J connectivity index is 3.04. The molecular weight excluding hydrogens is 290 g/mol. The number of halogens is 3. The number of nitrogen functional groups attached to an aromatic ring is 1. The number of hydrogen-bond acceptors (Lipinski definition) is 5. The molecule has 0 saturated heterocycles. The molecule has 4 nitrogen and oxygen atoms in total. The molecule has 0 spiro atoms. The fourth-order valence-corrected chi connectivity index (χ4v) is 1.72. The van der Waals surface area contributed by atoms with Gasteiger partial charge in [-0.1, -0.05) is 35.0 Å². The highest BCUT2D eigenvalue weighted by Crippen LogP contribution is 2.35. The summed E-state index contributed by atoms with van der Waals surface area (Å²) < 4.78 is 18.3. The molecule has 94 valence electrons. The minimum Gasteiger partial charge on any atom is -0.464 e. The summed E-state index contributed by atoms with van der Waals surface area (Å²) in [6.45, 7) is 1.50. The third kappa shape index (κ3) is 3.14. The zero-order valence-corrected chi connectivity index (χ0v) is 11.3. The second kappa shape index (κ2) is 5.75. The van der Waals surface area contributed by atoms with Crippen LogP contribution in [0.1, 0.15) is 6.92 Å². The number of thioether (sulfide) groups is 1. The quantitative estimate of drug-likeness (QED) is 0.869. The highest BCUT2D eigenvalue weighted by molar-refractivity contribution is 8.13. The van der Waals surface area contributed by atoms with Crippen LogP contribution >= 0.6 is 35.0 Å². The first-order valence-corrected chi connectivity index (χ1v) is 6.41. The van der Waals surface area contributed by atoms with Crippen LogP contribution in [0, 0.1) is 5.95 Å². The maximum Gasteiger partial charge on any atom is 0.238 e. The Morgan fingerprint density at radius 1 is 1.53 bits per heavy atom. The van der Waals surface area contributed by atoms with E-state index in [1.54, 1.807) is 6.26 Å². The van der Waals surface area contributed by atoms with E-state index in [2.05, 4.69) is 4.98 Å². The van der Waals surface area contributed by atoms with E-state index < -0.39 is 12.1 Å². The van der Waals surface area contributed by atoms with Gasteiger partial charge in [-0.15, -0.1) is 0 Å². The largest absolute Gasteiger partial charge is 0.464 e. The molecule has 0 aliphatic carbocycles. The Labute approximate surface area is 112 Å². The van der Waals surface area contributed by atoms with Crippen molar-refractivity contribution < 1.29 is 13.9 Å². The summed E-state index contributed by atoms with van der Waals surface area (Å²) in [7, 11) is 0. The lowest BCUT2D eigenvalue weighted by atomic mass is 10.4. The van der Waals surface area contributed by atoms with Crippen molar-refractivity contribution in [1.82, 2.24) is 4.98 Å². The Hall–Kier alpha value is -0.720. The number of pyridine rings is 1. The molecule has 0 aliphatic heterocycles. The standard InChI is InChI=1S/C9H9Cl2FN2O2S/c1-3(9(15)17-2)16-8-5(11)6(13)4(10)7(12)14-8/h3H,1-2H3,(H2,13,14). The molecule has 0 saturated carbocycles. The van der Waals surface area contributed by atoms with Crippen LogP contribution in [-0.4, -0.2) is 22.5 Å². The summed E-state index contributed by atoms with van der Waals surface area (Å²) in [6, 6.07) is 0. The molecule has 0 bridgehead atoms. The molecule has 0 aromatic carbocycles. The van der Waals surface area contributed by atoms with Gasteiger partial charge >= 0.3 is 0 Å². The van der Waals surface area contributed by atoms with Crippen molar-refractivity contribution in [3.05, 3.63) is 16.0 Å². The molecule has 2 N–H and O–H groups in total. The summed E-state index contributed by atoms with van der Waals surface area (Å²) >= 11 is 12.3. The van der Waals surface area contributed by atoms with Gasteiger partial charge in [-0.2, -0.15) is 9.37 Å². The van der Waals surface area contributed by atoms with Gasteiger partial charge in [0, 0.05) is 0 Å². The molecule has 1 rings (SSSR count). The van der Waals surface area contributed by atoms with Crippen LogP contribution in [0.5, 0.6) is 5.88 Å². The maximum atomic E-state index is 13.2. The molecule has 8 heteroatoms. The van der Waals surface area contributed by atoms with E-state index in [9.17, 15) is 9.18 Å². The van der Waals surface area contributed by atoms with Crippen molar-refractivity contribution >= 4 is 45.8 Å². The van der Waals surface area contributed by atoms with Crippen molar-refractivity contribution in [2.45, 2.75) is 13.0 Å². The summed E-state index contributed by atoms with van der Waals surface area (Å²) in [4.78, 5) is 14.7. The number of nitrogens with two attached hydrogens (primary N) is 1. The third-order valence-corrected chi connectivity index (χ3v) is 3.32. The van der Waals surface area contributed by atoms with Crippen LogP contribution in [-0.2, 0) is 4.79 Å². The lowest BCUT2D eigenvalue weighted by Gasteiger charge is -2.14. The van der Waals surface area contributed by atoms with Crippen molar-refractivity contribution in [3.8, 4) is 5.88 Å². The van der Waals surface area contributed by atoms with Crippen LogP contribution < -0.4 is 10.5 Å². The van der Waals surface area contributed by atoms with E-state index in [0.29, 0.717) is 0 Å². The summed E-state index contributed by atoms with van der Waals surface area (Å²) in [5.74, 6) is -1.24. The van der Waals surface area contributed by atoms with E-state index in [0.717, 1.165) is 11.8 Å². The van der Waals surface area contributed by atoms with E-state index in [4.69, 9.17) is 33.7 Å². The van der Waals surface area contributed by atoms with Crippen molar-refractivity contribution in [2.75, 3.05) is 12.0 Å². The van der Waals surface area contributed by atoms with Gasteiger partial charge in [-0.25, -0.2) is 0 Å². The van der Waals surface area contributed by atoms with Crippen LogP contribution in [0.25, 0.3) is 0 Å². The molecule has 0 amide bonds. The third-order valence-electron chi connectivity index (χ3n) is 1.86. The van der Waals surface area contributed by atoms with Crippen molar-refractivity contribution in [2.24, 2.45) is 0 Å². The van der Waals surface area contributed by atoms with Crippen LogP contribution in [0.3, 0.4) is 0 Å². The van der Waals surface area contributed by atoms with Crippen LogP contribution in [0.15, 0.2) is 0 Å². The predicted octanol–water partition coefficient (Wildman–Crippen LogP) is 2.77. The first-order chi connectivity index (χ1) is 7.88. The fraction of sp³-hybridized carbons (Fsp3) is 0.333. The number of ether oxygens (including phenoxy) is 1. The monoisotopic (exact) mass is 298 g/mol. The minimum atomic E-state index is -0.993. The number of carbonyl (C=O) groups excluding carboxylic acids is 1. The Bertz CT molecular complexity index is 459. The topological polar surface area (TPSA) is 65.2 Å². The molecule has 1 aromatic heterocycles. The normalized spacial score (nSPS) is 12.3. The Morgan fingerprint density at radius 3 is 2.65 bits per heavy atom. The SMILES string of the molecule is CSC(=O)C(C)Oc1nc(F)c(Cl)c(N)c1Cl. The van der Waals surface area contributed by atoms with Gasteiger partial charge in [0.15, 0.2) is 6.10 Å². The number of anilines is 1. The highest BCUT2D eigenvalue weighted by atomic mass is 35.5. The lowest BCUT2D eigenvalue weighted by Crippen LogP contribution is -2.21. The Kier molecular flexibility index (Phi) is 4.85. The highest BCUT2D eigenvalue weighted by Gasteiger charge is 2.20. The molecule has 1 heterocycles. The number of aromatic nitrogens is 1. The molecule has 1 unspecified atom stereocenters. The zero-order chi connectivity index (χ0) is 13.2. The van der Waals surface area contributed by atoms with Crippen molar-refractivity contribution in [1.29, 1.82) is 0 Å². The molecular formula is C9H9Cl2FN2O2S. The second-order valence-electron chi connectivity index (χ2n) is 3.03. The number of rotatable bonds is 3. The van der Waals surface area contributed by atoms with E-state index >= 15 is 0 Å². The van der Waals surface area contributed by atoms with Gasteiger partial charge in [0.2, 0.25) is 16.9 Å². The second-order valence-corrected chi connectivity index (χ2v) is 4.60. The van der Waals surface area contributed by atoms with Gasteiger partial charge in [0.1, 0.15) is 10.0 Å². The van der Waals surface area contributed by atoms with Gasteiger partial charge in [0.25, 0.3) is 0 Å². The average Bonchev–Trinajstić information content (AvgIpc) is 2.32. The van der Waals surface area contributed by atoms with E-state index in [-0.39, 0.29) is 26.7 Å². The molecule has 17 heavy (non-hydrogen) atoms. The zero-order valence-electron chi connectivity index (χ0n) is 8.96. The fourth-order valence-electron chi connectivity index (χ4n) is 0.970. The van der Waals surface area contributed by atoms with Crippen LogP contribution in [0.4, 0.5) is 10.1 Å². The predicted molar refractivity (Wildman–Crippen MR) is 67.2 cm³/mol. The van der Waals surface area contributed by atoms with Crippen molar-refractivity contribution in [3.63, 3.8) is 0 Å². The van der Waals surface area contributed by atoms with Crippen LogP contribution in [0.2, 0.25) is 10.0 Å². The first-order valence-electron chi connectivity index (χ1n) is 4.43. The molecule has 1 aromatic rings. The van der Waals surface area contributed by atoms with Gasteiger partial charge in [-0.05, 0) is 13.2 Å². The smallest absolute Gasteiger partial charge is 0.238 e. The summed E-state index contributed by atoms with van der Waals surface area (Å²) in [5, 5.41) is -0.722.